The van der Waals surface area contributed by atoms with Gasteiger partial charge in [0, 0.05) is 7.05 Å². The Hall–Kier alpha value is -2.70. The Labute approximate surface area is 151 Å². The summed E-state index contributed by atoms with van der Waals surface area (Å²) in [4.78, 5) is 32.5. The van der Waals surface area contributed by atoms with Gasteiger partial charge < -0.3 is 4.74 Å². The Morgan fingerprint density at radius 1 is 1.00 bits per heavy atom. The first-order valence-corrected chi connectivity index (χ1v) is 8.64. The summed E-state index contributed by atoms with van der Waals surface area (Å²) in [5, 5.41) is 1.72. The fourth-order valence-electron chi connectivity index (χ4n) is 3.72. The molecule has 3 atom stereocenters. The Morgan fingerprint density at radius 3 is 2.19 bits per heavy atom. The average molecular weight is 352 g/mol. The van der Waals surface area contributed by atoms with E-state index >= 15 is 0 Å². The summed E-state index contributed by atoms with van der Waals surface area (Å²) in [6.07, 6.45) is -1.05. The molecule has 134 valence electrons. The molecule has 0 bridgehead atoms. The SMILES string of the molecule is CN1O[C@H](c2ccccc2)[C@@H](C(=O)N2CCOC2=O)[C@@H]1c1ccccc1. The first kappa shape index (κ1) is 16.8. The van der Waals surface area contributed by atoms with Crippen LogP contribution in [0.4, 0.5) is 4.79 Å². The van der Waals surface area contributed by atoms with Gasteiger partial charge in [0.15, 0.2) is 0 Å². The largest absolute Gasteiger partial charge is 0.447 e. The smallest absolute Gasteiger partial charge is 0.416 e. The Morgan fingerprint density at radius 2 is 1.62 bits per heavy atom. The van der Waals surface area contributed by atoms with Gasteiger partial charge in [-0.25, -0.2) is 9.69 Å². The van der Waals surface area contributed by atoms with Crippen molar-refractivity contribution in [1.29, 1.82) is 0 Å². The lowest BCUT2D eigenvalue weighted by Crippen LogP contribution is -2.40. The number of carbonyl (C=O) groups excluding carboxylic acids is 2. The van der Waals surface area contributed by atoms with E-state index in [0.29, 0.717) is 0 Å². The zero-order valence-electron chi connectivity index (χ0n) is 14.4. The van der Waals surface area contributed by atoms with Gasteiger partial charge in [0.1, 0.15) is 12.7 Å². The van der Waals surface area contributed by atoms with Crippen LogP contribution < -0.4 is 0 Å². The fraction of sp³-hybridized carbons (Fsp3) is 0.300. The van der Waals surface area contributed by atoms with Crippen LogP contribution in [-0.4, -0.2) is 42.2 Å². The third-order valence-electron chi connectivity index (χ3n) is 4.92. The maximum absolute atomic E-state index is 13.3. The van der Waals surface area contributed by atoms with Crippen molar-refractivity contribution in [2.45, 2.75) is 12.1 Å². The maximum Gasteiger partial charge on any atom is 0.416 e. The third-order valence-corrected chi connectivity index (χ3v) is 4.92. The van der Waals surface area contributed by atoms with E-state index in [1.54, 1.807) is 5.06 Å². The highest BCUT2D eigenvalue weighted by Gasteiger charge is 2.50. The predicted octanol–water partition coefficient (Wildman–Crippen LogP) is 2.94. The second-order valence-corrected chi connectivity index (χ2v) is 6.47. The normalized spacial score (nSPS) is 26.1. The molecule has 0 N–H and O–H groups in total. The maximum atomic E-state index is 13.3. The van der Waals surface area contributed by atoms with E-state index in [-0.39, 0.29) is 25.1 Å². The average Bonchev–Trinajstić information content (AvgIpc) is 3.26. The third kappa shape index (κ3) is 2.87. The molecule has 26 heavy (non-hydrogen) atoms. The van der Waals surface area contributed by atoms with Crippen LogP contribution in [0.3, 0.4) is 0 Å². The molecule has 4 rings (SSSR count). The molecule has 0 saturated carbocycles. The molecule has 0 unspecified atom stereocenters. The molecule has 2 fully saturated rings. The van der Waals surface area contributed by atoms with Crippen molar-refractivity contribution in [1.82, 2.24) is 9.96 Å². The molecule has 2 aliphatic rings. The highest BCUT2D eigenvalue weighted by molar-refractivity contribution is 5.95. The molecule has 6 heteroatoms. The molecule has 2 aliphatic heterocycles. The topological polar surface area (TPSA) is 59.1 Å². The minimum atomic E-state index is -0.580. The number of hydrogen-bond acceptors (Lipinski definition) is 5. The van der Waals surface area contributed by atoms with Crippen LogP contribution in [0.1, 0.15) is 23.3 Å². The van der Waals surface area contributed by atoms with E-state index in [9.17, 15) is 9.59 Å². The fourth-order valence-corrected chi connectivity index (χ4v) is 3.72. The van der Waals surface area contributed by atoms with E-state index in [2.05, 4.69) is 0 Å². The predicted molar refractivity (Wildman–Crippen MR) is 93.8 cm³/mol. The van der Waals surface area contributed by atoms with Crippen LogP contribution in [0.5, 0.6) is 0 Å². The highest BCUT2D eigenvalue weighted by atomic mass is 16.7. The number of benzene rings is 2. The van der Waals surface area contributed by atoms with Crippen molar-refractivity contribution in [3.63, 3.8) is 0 Å². The molecule has 0 spiro atoms. The number of nitrogens with zero attached hydrogens (tertiary/aromatic N) is 2. The number of hydrogen-bond donors (Lipinski definition) is 0. The Bertz CT molecular complexity index is 796. The number of cyclic esters (lactones) is 1. The number of carbonyl (C=O) groups is 2. The number of rotatable bonds is 3. The van der Waals surface area contributed by atoms with Gasteiger partial charge in [0.2, 0.25) is 5.91 Å². The lowest BCUT2D eigenvalue weighted by molar-refractivity contribution is -0.148. The van der Waals surface area contributed by atoms with Gasteiger partial charge in [-0.3, -0.25) is 9.63 Å². The van der Waals surface area contributed by atoms with E-state index in [4.69, 9.17) is 9.57 Å². The standard InChI is InChI=1S/C20H20N2O4/c1-21-17(14-8-4-2-5-9-14)16(19(23)22-12-13-25-20(22)24)18(26-21)15-10-6-3-7-11-15/h2-11,16-18H,12-13H2,1H3/t16-,17-,18+/m0/s1. The molecular formula is C20H20N2O4. The molecule has 2 saturated heterocycles. The van der Waals surface area contributed by atoms with Crippen LogP contribution in [0.25, 0.3) is 0 Å². The molecule has 2 amide bonds. The summed E-state index contributed by atoms with van der Waals surface area (Å²) < 4.78 is 4.97. The van der Waals surface area contributed by atoms with Crippen molar-refractivity contribution in [3.8, 4) is 0 Å². The van der Waals surface area contributed by atoms with Gasteiger partial charge in [-0.1, -0.05) is 60.7 Å². The number of amides is 2. The van der Waals surface area contributed by atoms with E-state index in [1.807, 2.05) is 67.7 Å². The molecule has 0 aromatic heterocycles. The van der Waals surface area contributed by atoms with Crippen LogP contribution in [0.15, 0.2) is 60.7 Å². The van der Waals surface area contributed by atoms with E-state index in [0.717, 1.165) is 11.1 Å². The molecule has 6 nitrogen and oxygen atoms in total. The van der Waals surface area contributed by atoms with Crippen molar-refractivity contribution < 1.29 is 19.2 Å². The molecule has 2 aromatic carbocycles. The van der Waals surface area contributed by atoms with Gasteiger partial charge in [0.05, 0.1) is 18.5 Å². The summed E-state index contributed by atoms with van der Waals surface area (Å²) in [6, 6.07) is 19.1. The van der Waals surface area contributed by atoms with Crippen LogP contribution in [-0.2, 0) is 14.4 Å². The summed E-state index contributed by atoms with van der Waals surface area (Å²) in [7, 11) is 1.82. The first-order chi connectivity index (χ1) is 12.7. The van der Waals surface area contributed by atoms with Gasteiger partial charge in [-0.2, -0.15) is 5.06 Å². The Balaban J connectivity index is 1.75. The number of hydroxylamine groups is 2. The van der Waals surface area contributed by atoms with Crippen LogP contribution >= 0.6 is 0 Å². The quantitative estimate of drug-likeness (QED) is 0.850. The first-order valence-electron chi connectivity index (χ1n) is 8.64. The van der Waals surface area contributed by atoms with Crippen LogP contribution in [0, 0.1) is 5.92 Å². The van der Waals surface area contributed by atoms with Crippen molar-refractivity contribution in [3.05, 3.63) is 71.8 Å². The number of ether oxygens (including phenoxy) is 1. The summed E-state index contributed by atoms with van der Waals surface area (Å²) in [5.41, 5.74) is 1.88. The van der Waals surface area contributed by atoms with Gasteiger partial charge in [0.25, 0.3) is 0 Å². The monoisotopic (exact) mass is 352 g/mol. The molecule has 2 aromatic rings. The van der Waals surface area contributed by atoms with Crippen LogP contribution in [0.2, 0.25) is 0 Å². The van der Waals surface area contributed by atoms with Gasteiger partial charge in [-0.05, 0) is 11.1 Å². The minimum absolute atomic E-state index is 0.236. The van der Waals surface area contributed by atoms with E-state index in [1.165, 1.54) is 4.90 Å². The molecule has 2 heterocycles. The lowest BCUT2D eigenvalue weighted by atomic mass is 9.85. The second-order valence-electron chi connectivity index (χ2n) is 6.47. The lowest BCUT2D eigenvalue weighted by Gasteiger charge is -2.25. The van der Waals surface area contributed by atoms with Gasteiger partial charge in [-0.15, -0.1) is 0 Å². The van der Waals surface area contributed by atoms with Crippen molar-refractivity contribution in [2.24, 2.45) is 5.92 Å². The van der Waals surface area contributed by atoms with Crippen molar-refractivity contribution in [2.75, 3.05) is 20.2 Å². The molecule has 0 radical (unpaired) electrons. The summed E-state index contributed by atoms with van der Waals surface area (Å²) in [6.45, 7) is 0.515. The highest BCUT2D eigenvalue weighted by Crippen LogP contribution is 2.46. The van der Waals surface area contributed by atoms with Gasteiger partial charge >= 0.3 is 6.09 Å². The molecule has 0 aliphatic carbocycles. The Kier molecular flexibility index (Phi) is 4.44. The summed E-state index contributed by atoms with van der Waals surface area (Å²) in [5.74, 6) is -0.810. The minimum Gasteiger partial charge on any atom is -0.447 e. The van der Waals surface area contributed by atoms with E-state index < -0.39 is 18.1 Å². The zero-order chi connectivity index (χ0) is 18.1. The van der Waals surface area contributed by atoms with Crippen molar-refractivity contribution >= 4 is 12.0 Å². The molecular weight excluding hydrogens is 332 g/mol. The zero-order valence-corrected chi connectivity index (χ0v) is 14.4. The second kappa shape index (κ2) is 6.90. The number of imide groups is 1. The summed E-state index contributed by atoms with van der Waals surface area (Å²) >= 11 is 0.